The van der Waals surface area contributed by atoms with Gasteiger partial charge in [0.25, 0.3) is 0 Å². The molecule has 0 aliphatic heterocycles. The Morgan fingerprint density at radius 2 is 1.53 bits per heavy atom. The number of ether oxygens (including phenoxy) is 1. The summed E-state index contributed by atoms with van der Waals surface area (Å²) in [6.07, 6.45) is 0. The summed E-state index contributed by atoms with van der Waals surface area (Å²) < 4.78 is 5.77. The standard InChI is InChI=1S/C18H15O/c1-14-6-10-18(11-7-14)19-13-15-8-9-16-4-2-3-5-17(16)12-15/h2-12H,1,13H2. The van der Waals surface area contributed by atoms with Gasteiger partial charge in [0.05, 0.1) is 0 Å². The SMILES string of the molecule is [CH2]c1ccc(OCc2ccc3ccccc3c2)cc1. The van der Waals surface area contributed by atoms with Crippen LogP contribution in [0.2, 0.25) is 0 Å². The van der Waals surface area contributed by atoms with Crippen molar-refractivity contribution in [1.82, 2.24) is 0 Å². The lowest BCUT2D eigenvalue weighted by atomic mass is 10.1. The molecule has 0 amide bonds. The molecule has 3 aromatic rings. The van der Waals surface area contributed by atoms with Crippen molar-refractivity contribution in [3.05, 3.63) is 84.8 Å². The third-order valence-corrected chi connectivity index (χ3v) is 3.14. The van der Waals surface area contributed by atoms with E-state index in [1.54, 1.807) is 0 Å². The predicted octanol–water partition coefficient (Wildman–Crippen LogP) is 4.60. The first-order valence-electron chi connectivity index (χ1n) is 6.34. The highest BCUT2D eigenvalue weighted by molar-refractivity contribution is 5.82. The van der Waals surface area contributed by atoms with Crippen LogP contribution < -0.4 is 4.74 Å². The van der Waals surface area contributed by atoms with Gasteiger partial charge in [0, 0.05) is 0 Å². The van der Waals surface area contributed by atoms with Crippen molar-refractivity contribution in [3.63, 3.8) is 0 Å². The molecule has 93 valence electrons. The minimum Gasteiger partial charge on any atom is -0.489 e. The summed E-state index contributed by atoms with van der Waals surface area (Å²) >= 11 is 0. The maximum absolute atomic E-state index is 5.77. The van der Waals surface area contributed by atoms with Gasteiger partial charge < -0.3 is 4.74 Å². The van der Waals surface area contributed by atoms with Crippen LogP contribution in [0.25, 0.3) is 10.8 Å². The second-order valence-electron chi connectivity index (χ2n) is 4.61. The molecule has 1 heteroatoms. The third-order valence-electron chi connectivity index (χ3n) is 3.14. The van der Waals surface area contributed by atoms with E-state index in [0.717, 1.165) is 11.3 Å². The number of fused-ring (bicyclic) bond motifs is 1. The normalized spacial score (nSPS) is 10.6. The molecule has 0 saturated heterocycles. The molecule has 0 heterocycles. The van der Waals surface area contributed by atoms with Gasteiger partial charge in [0.2, 0.25) is 0 Å². The Kier molecular flexibility index (Phi) is 3.20. The van der Waals surface area contributed by atoms with Gasteiger partial charge in [0.1, 0.15) is 12.4 Å². The highest BCUT2D eigenvalue weighted by atomic mass is 16.5. The summed E-state index contributed by atoms with van der Waals surface area (Å²) in [5.41, 5.74) is 2.18. The van der Waals surface area contributed by atoms with Crippen LogP contribution in [-0.4, -0.2) is 0 Å². The Bertz CT molecular complexity index is 683. The van der Waals surface area contributed by atoms with E-state index < -0.39 is 0 Å². The summed E-state index contributed by atoms with van der Waals surface area (Å²) in [6, 6.07) is 22.6. The molecule has 0 aromatic heterocycles. The molecule has 0 spiro atoms. The smallest absolute Gasteiger partial charge is 0.119 e. The number of benzene rings is 3. The average molecular weight is 247 g/mol. The average Bonchev–Trinajstić information content (AvgIpc) is 2.46. The van der Waals surface area contributed by atoms with Gasteiger partial charge in [-0.1, -0.05) is 48.5 Å². The van der Waals surface area contributed by atoms with E-state index in [1.807, 2.05) is 24.3 Å². The highest BCUT2D eigenvalue weighted by Gasteiger charge is 1.98. The Morgan fingerprint density at radius 3 is 2.32 bits per heavy atom. The quantitative estimate of drug-likeness (QED) is 0.657. The molecule has 1 radical (unpaired) electrons. The van der Waals surface area contributed by atoms with Gasteiger partial charge in [0.15, 0.2) is 0 Å². The molecule has 0 unspecified atom stereocenters. The first kappa shape index (κ1) is 11.8. The van der Waals surface area contributed by atoms with E-state index in [9.17, 15) is 0 Å². The second kappa shape index (κ2) is 5.15. The molecular formula is C18H15O. The van der Waals surface area contributed by atoms with E-state index in [-0.39, 0.29) is 0 Å². The fourth-order valence-electron chi connectivity index (χ4n) is 2.08. The summed E-state index contributed by atoms with van der Waals surface area (Å²) in [5.74, 6) is 0.876. The van der Waals surface area contributed by atoms with Crippen LogP contribution in [0, 0.1) is 6.92 Å². The fourth-order valence-corrected chi connectivity index (χ4v) is 2.08. The van der Waals surface area contributed by atoms with E-state index in [0.29, 0.717) is 6.61 Å². The Hall–Kier alpha value is -2.28. The molecule has 0 aliphatic carbocycles. The number of rotatable bonds is 3. The van der Waals surface area contributed by atoms with E-state index in [4.69, 9.17) is 4.74 Å². The van der Waals surface area contributed by atoms with Crippen LogP contribution in [0.1, 0.15) is 11.1 Å². The summed E-state index contributed by atoms with van der Waals surface area (Å²) in [4.78, 5) is 0. The van der Waals surface area contributed by atoms with Gasteiger partial charge in [-0.2, -0.15) is 0 Å². The topological polar surface area (TPSA) is 9.23 Å². The third kappa shape index (κ3) is 2.76. The fraction of sp³-hybridized carbons (Fsp3) is 0.0556. The molecule has 1 nitrogen and oxygen atoms in total. The van der Waals surface area contributed by atoms with Gasteiger partial charge in [-0.15, -0.1) is 0 Å². The molecule has 0 atom stereocenters. The predicted molar refractivity (Wildman–Crippen MR) is 79.2 cm³/mol. The lowest BCUT2D eigenvalue weighted by Crippen LogP contribution is -1.95. The van der Waals surface area contributed by atoms with E-state index in [1.165, 1.54) is 16.3 Å². The minimum atomic E-state index is 0.585. The van der Waals surface area contributed by atoms with Crippen molar-refractivity contribution >= 4 is 10.8 Å². The Morgan fingerprint density at radius 1 is 0.789 bits per heavy atom. The first-order valence-corrected chi connectivity index (χ1v) is 6.34. The van der Waals surface area contributed by atoms with Crippen LogP contribution in [-0.2, 0) is 6.61 Å². The maximum Gasteiger partial charge on any atom is 0.119 e. The molecular weight excluding hydrogens is 232 g/mol. The highest BCUT2D eigenvalue weighted by Crippen LogP contribution is 2.18. The van der Waals surface area contributed by atoms with Crippen molar-refractivity contribution in [2.45, 2.75) is 6.61 Å². The van der Waals surface area contributed by atoms with Crippen molar-refractivity contribution in [3.8, 4) is 5.75 Å². The van der Waals surface area contributed by atoms with Crippen LogP contribution in [0.5, 0.6) is 5.75 Å². The summed E-state index contributed by atoms with van der Waals surface area (Å²) in [5, 5.41) is 2.50. The van der Waals surface area contributed by atoms with Crippen LogP contribution >= 0.6 is 0 Å². The zero-order valence-electron chi connectivity index (χ0n) is 10.7. The Labute approximate surface area is 113 Å². The zero-order chi connectivity index (χ0) is 13.1. The van der Waals surface area contributed by atoms with Gasteiger partial charge in [-0.3, -0.25) is 0 Å². The zero-order valence-corrected chi connectivity index (χ0v) is 10.7. The van der Waals surface area contributed by atoms with Crippen molar-refractivity contribution in [2.24, 2.45) is 0 Å². The lowest BCUT2D eigenvalue weighted by Gasteiger charge is -2.07. The van der Waals surface area contributed by atoms with E-state index in [2.05, 4.69) is 49.4 Å². The molecule has 0 aliphatic rings. The molecule has 0 bridgehead atoms. The van der Waals surface area contributed by atoms with Gasteiger partial charge in [-0.05, 0) is 47.0 Å². The largest absolute Gasteiger partial charge is 0.489 e. The van der Waals surface area contributed by atoms with Crippen LogP contribution in [0.4, 0.5) is 0 Å². The molecule has 0 N–H and O–H groups in total. The summed E-state index contributed by atoms with van der Waals surface area (Å²) in [6.45, 7) is 4.44. The molecule has 3 aromatic carbocycles. The first-order chi connectivity index (χ1) is 9.31. The second-order valence-corrected chi connectivity index (χ2v) is 4.61. The minimum absolute atomic E-state index is 0.585. The maximum atomic E-state index is 5.77. The van der Waals surface area contributed by atoms with Gasteiger partial charge in [-0.25, -0.2) is 0 Å². The molecule has 3 rings (SSSR count). The Balaban J connectivity index is 1.76. The summed E-state index contributed by atoms with van der Waals surface area (Å²) in [7, 11) is 0. The van der Waals surface area contributed by atoms with Gasteiger partial charge >= 0.3 is 0 Å². The van der Waals surface area contributed by atoms with Crippen LogP contribution in [0.3, 0.4) is 0 Å². The number of hydrogen-bond acceptors (Lipinski definition) is 1. The van der Waals surface area contributed by atoms with Crippen molar-refractivity contribution in [2.75, 3.05) is 0 Å². The van der Waals surface area contributed by atoms with Crippen LogP contribution in [0.15, 0.2) is 66.7 Å². The molecule has 0 saturated carbocycles. The van der Waals surface area contributed by atoms with Crippen molar-refractivity contribution < 1.29 is 4.74 Å². The molecule has 19 heavy (non-hydrogen) atoms. The molecule has 0 fully saturated rings. The van der Waals surface area contributed by atoms with Crippen molar-refractivity contribution in [1.29, 1.82) is 0 Å². The monoisotopic (exact) mass is 247 g/mol. The van der Waals surface area contributed by atoms with E-state index >= 15 is 0 Å². The number of hydrogen-bond donors (Lipinski definition) is 0. The lowest BCUT2D eigenvalue weighted by molar-refractivity contribution is 0.306.